The molecule has 2 unspecified atom stereocenters. The van der Waals surface area contributed by atoms with Gasteiger partial charge in [0.2, 0.25) is 0 Å². The van der Waals surface area contributed by atoms with Crippen molar-refractivity contribution in [3.8, 4) is 0 Å². The van der Waals surface area contributed by atoms with Gasteiger partial charge in [-0.1, -0.05) is 69.0 Å². The SMILES string of the molecule is C=C(/C=C\Cc1ccccc1C1(CC)CC1C)c1ccc(F)cc1. The van der Waals surface area contributed by atoms with Gasteiger partial charge >= 0.3 is 0 Å². The molecule has 3 rings (SSSR count). The van der Waals surface area contributed by atoms with E-state index in [2.05, 4.69) is 50.8 Å². The molecule has 0 spiro atoms. The number of benzene rings is 2. The van der Waals surface area contributed by atoms with Gasteiger partial charge in [0.05, 0.1) is 0 Å². The van der Waals surface area contributed by atoms with Crippen molar-refractivity contribution < 1.29 is 4.39 Å². The second kappa shape index (κ2) is 6.76. The summed E-state index contributed by atoms with van der Waals surface area (Å²) in [5, 5.41) is 0. The van der Waals surface area contributed by atoms with E-state index in [0.29, 0.717) is 5.41 Å². The highest BCUT2D eigenvalue weighted by molar-refractivity contribution is 5.71. The van der Waals surface area contributed by atoms with Gasteiger partial charge in [0.1, 0.15) is 5.82 Å². The molecule has 0 aromatic heterocycles. The summed E-state index contributed by atoms with van der Waals surface area (Å²) in [7, 11) is 0. The van der Waals surface area contributed by atoms with E-state index in [-0.39, 0.29) is 5.82 Å². The maximum absolute atomic E-state index is 13.0. The quantitative estimate of drug-likeness (QED) is 0.546. The van der Waals surface area contributed by atoms with Crippen molar-refractivity contribution in [1.82, 2.24) is 0 Å². The monoisotopic (exact) mass is 320 g/mol. The molecule has 24 heavy (non-hydrogen) atoms. The van der Waals surface area contributed by atoms with Gasteiger partial charge < -0.3 is 0 Å². The van der Waals surface area contributed by atoms with Crippen molar-refractivity contribution in [1.29, 1.82) is 0 Å². The van der Waals surface area contributed by atoms with Gasteiger partial charge in [-0.25, -0.2) is 4.39 Å². The van der Waals surface area contributed by atoms with Gasteiger partial charge in [0.25, 0.3) is 0 Å². The third-order valence-electron chi connectivity index (χ3n) is 5.51. The van der Waals surface area contributed by atoms with Gasteiger partial charge in [0.15, 0.2) is 0 Å². The molecule has 1 heteroatoms. The average molecular weight is 320 g/mol. The summed E-state index contributed by atoms with van der Waals surface area (Å²) in [6.45, 7) is 8.74. The van der Waals surface area contributed by atoms with Crippen LogP contribution in [0.5, 0.6) is 0 Å². The standard InChI is InChI=1S/C23H25F/c1-4-23(16-18(23)3)22-11-6-5-9-20(22)10-7-8-17(2)19-12-14-21(24)15-13-19/h5-9,11-15,18H,2,4,10,16H2,1,3H3/b8-7-. The summed E-state index contributed by atoms with van der Waals surface area (Å²) in [5.41, 5.74) is 5.18. The molecule has 1 aliphatic rings. The summed E-state index contributed by atoms with van der Waals surface area (Å²) in [6.07, 6.45) is 7.62. The molecule has 1 fully saturated rings. The van der Waals surface area contributed by atoms with Crippen LogP contribution < -0.4 is 0 Å². The molecule has 0 heterocycles. The first-order valence-electron chi connectivity index (χ1n) is 8.76. The average Bonchev–Trinajstić information content (AvgIpc) is 3.27. The molecular weight excluding hydrogens is 295 g/mol. The van der Waals surface area contributed by atoms with Gasteiger partial charge in [-0.3, -0.25) is 0 Å². The van der Waals surface area contributed by atoms with Gasteiger partial charge in [-0.05, 0) is 65.0 Å². The molecule has 0 N–H and O–H groups in total. The van der Waals surface area contributed by atoms with Gasteiger partial charge in [-0.15, -0.1) is 0 Å². The lowest BCUT2D eigenvalue weighted by molar-refractivity contribution is 0.602. The van der Waals surface area contributed by atoms with Crippen LogP contribution in [0.15, 0.2) is 67.3 Å². The molecule has 0 radical (unpaired) electrons. The van der Waals surface area contributed by atoms with Crippen LogP contribution in [0.1, 0.15) is 43.4 Å². The Hall–Kier alpha value is -2.15. The van der Waals surface area contributed by atoms with Gasteiger partial charge in [-0.2, -0.15) is 0 Å². The summed E-state index contributed by atoms with van der Waals surface area (Å²) >= 11 is 0. The maximum Gasteiger partial charge on any atom is 0.123 e. The Morgan fingerprint density at radius 3 is 2.50 bits per heavy atom. The zero-order valence-corrected chi connectivity index (χ0v) is 14.6. The molecule has 1 aliphatic carbocycles. The Bertz CT molecular complexity index is 750. The number of hydrogen-bond donors (Lipinski definition) is 0. The van der Waals surface area contributed by atoms with Crippen LogP contribution >= 0.6 is 0 Å². The number of rotatable bonds is 6. The van der Waals surface area contributed by atoms with E-state index in [1.807, 2.05) is 6.08 Å². The molecule has 2 atom stereocenters. The van der Waals surface area contributed by atoms with Crippen LogP contribution in [-0.4, -0.2) is 0 Å². The van der Waals surface area contributed by atoms with E-state index >= 15 is 0 Å². The fourth-order valence-corrected chi connectivity index (χ4v) is 3.82. The van der Waals surface area contributed by atoms with Crippen LogP contribution in [-0.2, 0) is 11.8 Å². The topological polar surface area (TPSA) is 0 Å². The zero-order valence-electron chi connectivity index (χ0n) is 14.6. The second-order valence-electron chi connectivity index (χ2n) is 6.91. The first-order chi connectivity index (χ1) is 11.6. The first kappa shape index (κ1) is 16.7. The normalized spacial score (nSPS) is 22.7. The molecule has 1 saturated carbocycles. The Balaban J connectivity index is 1.73. The molecule has 0 bridgehead atoms. The summed E-state index contributed by atoms with van der Waals surface area (Å²) < 4.78 is 13.0. The van der Waals surface area contributed by atoms with Gasteiger partial charge in [0, 0.05) is 0 Å². The van der Waals surface area contributed by atoms with Crippen LogP contribution in [0, 0.1) is 11.7 Å². The first-order valence-corrected chi connectivity index (χ1v) is 8.76. The number of halogens is 1. The lowest BCUT2D eigenvalue weighted by atomic mass is 9.86. The molecule has 0 aliphatic heterocycles. The molecule has 2 aromatic rings. The van der Waals surface area contributed by atoms with E-state index in [0.717, 1.165) is 23.5 Å². The van der Waals surface area contributed by atoms with Crippen LogP contribution in [0.4, 0.5) is 4.39 Å². The fraction of sp³-hybridized carbons (Fsp3) is 0.304. The maximum atomic E-state index is 13.0. The highest BCUT2D eigenvalue weighted by atomic mass is 19.1. The van der Waals surface area contributed by atoms with Crippen LogP contribution in [0.3, 0.4) is 0 Å². The molecule has 2 aromatic carbocycles. The smallest absolute Gasteiger partial charge is 0.123 e. The largest absolute Gasteiger partial charge is 0.207 e. The minimum Gasteiger partial charge on any atom is -0.207 e. The minimum atomic E-state index is -0.215. The summed E-state index contributed by atoms with van der Waals surface area (Å²) in [6, 6.07) is 15.3. The summed E-state index contributed by atoms with van der Waals surface area (Å²) in [4.78, 5) is 0. The van der Waals surface area contributed by atoms with E-state index in [1.165, 1.54) is 36.1 Å². The Kier molecular flexibility index (Phi) is 4.71. The predicted molar refractivity (Wildman–Crippen MR) is 100 cm³/mol. The Morgan fingerprint density at radius 1 is 1.21 bits per heavy atom. The molecule has 0 saturated heterocycles. The molecule has 0 nitrogen and oxygen atoms in total. The third kappa shape index (κ3) is 3.21. The van der Waals surface area contributed by atoms with Crippen molar-refractivity contribution in [3.63, 3.8) is 0 Å². The minimum absolute atomic E-state index is 0.215. The van der Waals surface area contributed by atoms with Crippen molar-refractivity contribution in [2.75, 3.05) is 0 Å². The number of hydrogen-bond acceptors (Lipinski definition) is 0. The van der Waals surface area contributed by atoms with Crippen LogP contribution in [0.2, 0.25) is 0 Å². The fourth-order valence-electron chi connectivity index (χ4n) is 3.82. The van der Waals surface area contributed by atoms with Crippen molar-refractivity contribution in [2.24, 2.45) is 5.92 Å². The van der Waals surface area contributed by atoms with E-state index < -0.39 is 0 Å². The lowest BCUT2D eigenvalue weighted by Crippen LogP contribution is -2.10. The Labute approximate surface area is 144 Å². The Morgan fingerprint density at radius 2 is 1.88 bits per heavy atom. The van der Waals surface area contributed by atoms with Crippen LogP contribution in [0.25, 0.3) is 5.57 Å². The molecule has 0 amide bonds. The highest BCUT2D eigenvalue weighted by Gasteiger charge is 2.51. The third-order valence-corrected chi connectivity index (χ3v) is 5.51. The molecule has 124 valence electrons. The van der Waals surface area contributed by atoms with E-state index in [1.54, 1.807) is 12.1 Å². The van der Waals surface area contributed by atoms with Crippen molar-refractivity contribution in [3.05, 3.63) is 89.8 Å². The number of allylic oxidation sites excluding steroid dienone is 3. The van der Waals surface area contributed by atoms with E-state index in [9.17, 15) is 4.39 Å². The highest BCUT2D eigenvalue weighted by Crippen LogP contribution is 2.57. The van der Waals surface area contributed by atoms with E-state index in [4.69, 9.17) is 0 Å². The zero-order chi connectivity index (χ0) is 17.2. The summed E-state index contributed by atoms with van der Waals surface area (Å²) in [5.74, 6) is 0.565. The lowest BCUT2D eigenvalue weighted by Gasteiger charge is -2.18. The van der Waals surface area contributed by atoms with Crippen molar-refractivity contribution in [2.45, 2.75) is 38.5 Å². The second-order valence-corrected chi connectivity index (χ2v) is 6.91. The predicted octanol–water partition coefficient (Wildman–Crippen LogP) is 6.33. The molecular formula is C23H25F. The van der Waals surface area contributed by atoms with Crippen molar-refractivity contribution >= 4 is 5.57 Å².